The largest absolute Gasteiger partial charge is 0.390 e. The van der Waals surface area contributed by atoms with Gasteiger partial charge in [0.2, 0.25) is 10.0 Å². The summed E-state index contributed by atoms with van der Waals surface area (Å²) in [5.74, 6) is 0.355. The number of hydrogen-bond donors (Lipinski definition) is 2. The summed E-state index contributed by atoms with van der Waals surface area (Å²) in [6, 6.07) is 17.5. The zero-order valence-corrected chi connectivity index (χ0v) is 16.8. The van der Waals surface area contributed by atoms with E-state index >= 15 is 0 Å². The molecular weight excluding hydrogens is 360 g/mol. The predicted octanol–water partition coefficient (Wildman–Crippen LogP) is 2.65. The highest BCUT2D eigenvalue weighted by atomic mass is 32.2. The van der Waals surface area contributed by atoms with Gasteiger partial charge in [-0.25, -0.2) is 8.42 Å². The Labute approximate surface area is 162 Å². The third-order valence-corrected chi connectivity index (χ3v) is 6.42. The zero-order chi connectivity index (χ0) is 19.9. The first-order valence-electron chi connectivity index (χ1n) is 9.33. The molecule has 2 atom stereocenters. The van der Waals surface area contributed by atoms with E-state index in [1.807, 2.05) is 44.2 Å². The summed E-state index contributed by atoms with van der Waals surface area (Å²) in [5, 5.41) is 10.6. The molecule has 0 bridgehead atoms. The molecular formula is C21H30N2O3S. The normalized spacial score (nSPS) is 14.4. The number of rotatable bonds is 10. The van der Waals surface area contributed by atoms with Crippen molar-refractivity contribution in [1.82, 2.24) is 4.31 Å². The smallest absolute Gasteiger partial charge is 0.243 e. The van der Waals surface area contributed by atoms with Crippen molar-refractivity contribution in [1.29, 1.82) is 0 Å². The summed E-state index contributed by atoms with van der Waals surface area (Å²) in [7, 11) is -3.68. The minimum absolute atomic E-state index is 0.0159. The van der Waals surface area contributed by atoms with Crippen LogP contribution in [0, 0.1) is 5.92 Å². The third kappa shape index (κ3) is 6.43. The van der Waals surface area contributed by atoms with Crippen LogP contribution in [-0.4, -0.2) is 43.1 Å². The highest BCUT2D eigenvalue weighted by Crippen LogP contribution is 2.18. The molecule has 3 N–H and O–H groups in total. The molecule has 0 aliphatic heterocycles. The first-order chi connectivity index (χ1) is 12.8. The monoisotopic (exact) mass is 390 g/mol. The van der Waals surface area contributed by atoms with Gasteiger partial charge in [-0.15, -0.1) is 0 Å². The number of nitrogens with two attached hydrogens (primary N) is 1. The van der Waals surface area contributed by atoms with E-state index in [9.17, 15) is 13.5 Å². The van der Waals surface area contributed by atoms with Crippen molar-refractivity contribution in [2.24, 2.45) is 11.7 Å². The van der Waals surface area contributed by atoms with Crippen LogP contribution in [0.3, 0.4) is 0 Å². The Balaban J connectivity index is 2.13. The summed E-state index contributed by atoms with van der Waals surface area (Å²) < 4.78 is 27.4. The van der Waals surface area contributed by atoms with E-state index in [2.05, 4.69) is 0 Å². The van der Waals surface area contributed by atoms with Crippen LogP contribution in [0.1, 0.15) is 25.8 Å². The van der Waals surface area contributed by atoms with Gasteiger partial charge in [-0.3, -0.25) is 0 Å². The first-order valence-corrected chi connectivity index (χ1v) is 10.8. The van der Waals surface area contributed by atoms with Crippen LogP contribution in [0.15, 0.2) is 65.6 Å². The second kappa shape index (κ2) is 9.99. The average Bonchev–Trinajstić information content (AvgIpc) is 2.66. The topological polar surface area (TPSA) is 83.6 Å². The average molecular weight is 391 g/mol. The molecule has 0 spiro atoms. The van der Waals surface area contributed by atoms with Gasteiger partial charge in [0.25, 0.3) is 0 Å². The molecule has 5 nitrogen and oxygen atoms in total. The van der Waals surface area contributed by atoms with Crippen LogP contribution in [0.4, 0.5) is 0 Å². The lowest BCUT2D eigenvalue weighted by Crippen LogP contribution is -2.47. The van der Waals surface area contributed by atoms with Gasteiger partial charge in [0.1, 0.15) is 0 Å². The third-order valence-electron chi connectivity index (χ3n) is 4.54. The molecule has 0 saturated carbocycles. The highest BCUT2D eigenvalue weighted by Gasteiger charge is 2.28. The van der Waals surface area contributed by atoms with Crippen molar-refractivity contribution in [3.05, 3.63) is 66.2 Å². The van der Waals surface area contributed by atoms with Gasteiger partial charge in [0, 0.05) is 19.1 Å². The summed E-state index contributed by atoms with van der Waals surface area (Å²) in [6.45, 7) is 4.43. The van der Waals surface area contributed by atoms with E-state index in [0.29, 0.717) is 25.3 Å². The maximum Gasteiger partial charge on any atom is 0.243 e. The van der Waals surface area contributed by atoms with Crippen LogP contribution in [0.5, 0.6) is 0 Å². The van der Waals surface area contributed by atoms with Crippen LogP contribution in [0.25, 0.3) is 0 Å². The Kier molecular flexibility index (Phi) is 7.98. The van der Waals surface area contributed by atoms with Crippen LogP contribution < -0.4 is 5.73 Å². The Morgan fingerprint density at radius 2 is 1.56 bits per heavy atom. The zero-order valence-electron chi connectivity index (χ0n) is 16.0. The number of hydrogen-bond acceptors (Lipinski definition) is 4. The van der Waals surface area contributed by atoms with Gasteiger partial charge in [-0.1, -0.05) is 62.4 Å². The second-order valence-corrected chi connectivity index (χ2v) is 9.22. The highest BCUT2D eigenvalue weighted by molar-refractivity contribution is 7.89. The Morgan fingerprint density at radius 3 is 2.11 bits per heavy atom. The fourth-order valence-electron chi connectivity index (χ4n) is 2.82. The summed E-state index contributed by atoms with van der Waals surface area (Å²) in [6.07, 6.45) is 0.258. The summed E-state index contributed by atoms with van der Waals surface area (Å²) in [5.41, 5.74) is 7.18. The van der Waals surface area contributed by atoms with Gasteiger partial charge >= 0.3 is 0 Å². The molecule has 0 radical (unpaired) electrons. The molecule has 148 valence electrons. The molecule has 0 aliphatic carbocycles. The van der Waals surface area contributed by atoms with Crippen molar-refractivity contribution in [3.63, 3.8) is 0 Å². The van der Waals surface area contributed by atoms with E-state index in [1.54, 1.807) is 30.3 Å². The Morgan fingerprint density at radius 1 is 1.00 bits per heavy atom. The second-order valence-electron chi connectivity index (χ2n) is 7.28. The Bertz CT molecular complexity index is 780. The first kappa shape index (κ1) is 21.6. The molecule has 6 heteroatoms. The SMILES string of the molecule is CC(C)CCN(C[C@@H](O)[C@@H](N)Cc1ccccc1)S(=O)(=O)c1ccccc1. The van der Waals surface area contributed by atoms with Gasteiger partial charge in [0.05, 0.1) is 11.0 Å². The van der Waals surface area contributed by atoms with Crippen LogP contribution >= 0.6 is 0 Å². The van der Waals surface area contributed by atoms with Crippen LogP contribution in [-0.2, 0) is 16.4 Å². The molecule has 0 amide bonds. The van der Waals surface area contributed by atoms with Crippen molar-refractivity contribution in [2.75, 3.05) is 13.1 Å². The minimum Gasteiger partial charge on any atom is -0.390 e. The van der Waals surface area contributed by atoms with Crippen molar-refractivity contribution in [3.8, 4) is 0 Å². The molecule has 2 aromatic rings. The summed E-state index contributed by atoms with van der Waals surface area (Å²) in [4.78, 5) is 0.234. The van der Waals surface area contributed by atoms with E-state index in [1.165, 1.54) is 4.31 Å². The number of benzene rings is 2. The van der Waals surface area contributed by atoms with Gasteiger partial charge in [-0.05, 0) is 36.5 Å². The van der Waals surface area contributed by atoms with Crippen molar-refractivity contribution < 1.29 is 13.5 Å². The van der Waals surface area contributed by atoms with Gasteiger partial charge in [0.15, 0.2) is 0 Å². The molecule has 0 saturated heterocycles. The lowest BCUT2D eigenvalue weighted by atomic mass is 10.0. The lowest BCUT2D eigenvalue weighted by molar-refractivity contribution is 0.118. The Hall–Kier alpha value is -1.73. The molecule has 0 heterocycles. The molecule has 2 aromatic carbocycles. The van der Waals surface area contributed by atoms with Gasteiger partial charge in [-0.2, -0.15) is 4.31 Å². The maximum atomic E-state index is 13.0. The number of aliphatic hydroxyl groups is 1. The molecule has 0 aliphatic rings. The van der Waals surface area contributed by atoms with Crippen molar-refractivity contribution >= 4 is 10.0 Å². The van der Waals surface area contributed by atoms with E-state index < -0.39 is 22.2 Å². The fraction of sp³-hybridized carbons (Fsp3) is 0.429. The summed E-state index contributed by atoms with van der Waals surface area (Å²) >= 11 is 0. The number of sulfonamides is 1. The molecule has 0 unspecified atom stereocenters. The van der Waals surface area contributed by atoms with Gasteiger partial charge < -0.3 is 10.8 Å². The lowest BCUT2D eigenvalue weighted by Gasteiger charge is -2.28. The minimum atomic E-state index is -3.68. The number of nitrogens with zero attached hydrogens (tertiary/aromatic N) is 1. The van der Waals surface area contributed by atoms with E-state index in [4.69, 9.17) is 5.73 Å². The number of aliphatic hydroxyl groups excluding tert-OH is 1. The molecule has 0 fully saturated rings. The molecule has 2 rings (SSSR count). The molecule has 27 heavy (non-hydrogen) atoms. The van der Waals surface area contributed by atoms with Crippen molar-refractivity contribution in [2.45, 2.75) is 43.7 Å². The molecule has 0 aromatic heterocycles. The predicted molar refractivity (Wildman–Crippen MR) is 109 cm³/mol. The fourth-order valence-corrected chi connectivity index (χ4v) is 4.31. The van der Waals surface area contributed by atoms with E-state index in [-0.39, 0.29) is 11.4 Å². The van der Waals surface area contributed by atoms with Crippen LogP contribution in [0.2, 0.25) is 0 Å². The quantitative estimate of drug-likeness (QED) is 0.653. The maximum absolute atomic E-state index is 13.0. The van der Waals surface area contributed by atoms with E-state index in [0.717, 1.165) is 5.56 Å². The standard InChI is InChI=1S/C21H30N2O3S/c1-17(2)13-14-23(27(25,26)19-11-7-4-8-12-19)16-21(24)20(22)15-18-9-5-3-6-10-18/h3-12,17,20-21,24H,13-16,22H2,1-2H3/t20-,21+/m0/s1.